The molecule has 3 N–H and O–H groups in total. The Morgan fingerprint density at radius 1 is 1.64 bits per heavy atom. The summed E-state index contributed by atoms with van der Waals surface area (Å²) in [5.41, 5.74) is 0.374. The van der Waals surface area contributed by atoms with Gasteiger partial charge in [0.05, 0.1) is 12.9 Å². The number of aromatic amines is 1. The summed E-state index contributed by atoms with van der Waals surface area (Å²) in [5, 5.41) is 12.3. The van der Waals surface area contributed by atoms with Crippen LogP contribution >= 0.6 is 0 Å². The van der Waals surface area contributed by atoms with Gasteiger partial charge >= 0.3 is 0 Å². The van der Waals surface area contributed by atoms with Gasteiger partial charge in [0.2, 0.25) is 5.95 Å². The van der Waals surface area contributed by atoms with E-state index in [1.54, 1.807) is 0 Å². The largest absolute Gasteiger partial charge is 0.371 e. The maximum Gasteiger partial charge on any atom is 0.283 e. The van der Waals surface area contributed by atoms with Crippen LogP contribution < -0.4 is 10.9 Å². The highest BCUT2D eigenvalue weighted by atomic mass is 16.3. The molecule has 7 nitrogen and oxygen atoms in total. The first-order valence-corrected chi connectivity index (χ1v) is 4.15. The van der Waals surface area contributed by atoms with E-state index in [0.29, 0.717) is 23.7 Å². The standard InChI is InChI=1S/C7H7N5O2/c13-3-1-8-7-11-5-4(9-2-10-5)6(14)12(3)7/h2-3,13H,1H2,(H,8,11)(H,9,10)/t3-/m1/s1. The zero-order valence-corrected chi connectivity index (χ0v) is 7.06. The van der Waals surface area contributed by atoms with Crippen LogP contribution in [0.2, 0.25) is 0 Å². The lowest BCUT2D eigenvalue weighted by atomic mass is 10.5. The first-order chi connectivity index (χ1) is 6.77. The van der Waals surface area contributed by atoms with Crippen LogP contribution in [-0.4, -0.2) is 31.2 Å². The summed E-state index contributed by atoms with van der Waals surface area (Å²) in [6.45, 7) is 0.300. The highest BCUT2D eigenvalue weighted by molar-refractivity contribution is 5.70. The number of nitrogens with zero attached hydrogens (tertiary/aromatic N) is 3. The monoisotopic (exact) mass is 193 g/mol. The predicted octanol–water partition coefficient (Wildman–Crippen LogP) is -0.964. The third-order valence-electron chi connectivity index (χ3n) is 2.23. The lowest BCUT2D eigenvalue weighted by molar-refractivity contribution is 0.128. The van der Waals surface area contributed by atoms with Crippen molar-refractivity contribution in [3.05, 3.63) is 16.7 Å². The molecule has 0 saturated carbocycles. The van der Waals surface area contributed by atoms with E-state index in [1.807, 2.05) is 0 Å². The Morgan fingerprint density at radius 3 is 3.36 bits per heavy atom. The van der Waals surface area contributed by atoms with E-state index < -0.39 is 6.23 Å². The molecular weight excluding hydrogens is 186 g/mol. The van der Waals surface area contributed by atoms with E-state index in [-0.39, 0.29) is 5.56 Å². The fourth-order valence-electron chi connectivity index (χ4n) is 1.58. The molecule has 0 saturated heterocycles. The van der Waals surface area contributed by atoms with Gasteiger partial charge in [-0.05, 0) is 0 Å². The fourth-order valence-corrected chi connectivity index (χ4v) is 1.58. The minimum atomic E-state index is -0.849. The molecule has 0 amide bonds. The molecule has 0 aliphatic carbocycles. The summed E-state index contributed by atoms with van der Waals surface area (Å²) in [4.78, 5) is 22.4. The number of aromatic nitrogens is 4. The molecule has 0 unspecified atom stereocenters. The van der Waals surface area contributed by atoms with Crippen molar-refractivity contribution in [1.82, 2.24) is 19.5 Å². The number of rotatable bonds is 0. The second-order valence-corrected chi connectivity index (χ2v) is 3.07. The van der Waals surface area contributed by atoms with Crippen molar-refractivity contribution >= 4 is 17.1 Å². The van der Waals surface area contributed by atoms with Crippen molar-refractivity contribution in [3.8, 4) is 0 Å². The van der Waals surface area contributed by atoms with Crippen LogP contribution in [-0.2, 0) is 0 Å². The number of hydrogen-bond donors (Lipinski definition) is 3. The Kier molecular flexibility index (Phi) is 1.25. The van der Waals surface area contributed by atoms with Gasteiger partial charge in [0.1, 0.15) is 0 Å². The molecule has 2 aromatic rings. The maximum atomic E-state index is 11.7. The molecule has 3 rings (SSSR count). The van der Waals surface area contributed by atoms with E-state index in [2.05, 4.69) is 20.3 Å². The molecule has 14 heavy (non-hydrogen) atoms. The summed E-state index contributed by atoms with van der Waals surface area (Å²) in [5.74, 6) is 0.363. The lowest BCUT2D eigenvalue weighted by Gasteiger charge is -2.03. The van der Waals surface area contributed by atoms with Gasteiger partial charge in [-0.3, -0.25) is 4.79 Å². The number of fused-ring (bicyclic) bond motifs is 2. The molecule has 1 atom stereocenters. The van der Waals surface area contributed by atoms with Gasteiger partial charge in [-0.25, -0.2) is 9.55 Å². The summed E-state index contributed by atoms with van der Waals surface area (Å²) in [7, 11) is 0. The molecule has 72 valence electrons. The molecule has 2 aromatic heterocycles. The fraction of sp³-hybridized carbons (Fsp3) is 0.286. The van der Waals surface area contributed by atoms with Crippen molar-refractivity contribution in [2.24, 2.45) is 0 Å². The van der Waals surface area contributed by atoms with Crippen molar-refractivity contribution in [3.63, 3.8) is 0 Å². The van der Waals surface area contributed by atoms with Crippen LogP contribution in [0.4, 0.5) is 5.95 Å². The molecule has 1 aliphatic heterocycles. The van der Waals surface area contributed by atoms with Crippen molar-refractivity contribution in [1.29, 1.82) is 0 Å². The number of aliphatic hydroxyl groups is 1. The van der Waals surface area contributed by atoms with Crippen molar-refractivity contribution in [2.45, 2.75) is 6.23 Å². The quantitative estimate of drug-likeness (QED) is 0.500. The van der Waals surface area contributed by atoms with Gasteiger partial charge in [-0.15, -0.1) is 0 Å². The molecule has 3 heterocycles. The smallest absolute Gasteiger partial charge is 0.283 e. The molecular formula is C7H7N5O2. The molecule has 7 heteroatoms. The summed E-state index contributed by atoms with van der Waals surface area (Å²) < 4.78 is 1.21. The number of H-pyrrole nitrogens is 1. The van der Waals surface area contributed by atoms with Crippen LogP contribution in [0.3, 0.4) is 0 Å². The Labute approximate surface area is 77.4 Å². The predicted molar refractivity (Wildman–Crippen MR) is 47.9 cm³/mol. The number of imidazole rings is 1. The SMILES string of the molecule is O=c1c2[nH]cnc2nc2n1[C@H](O)CN2. The van der Waals surface area contributed by atoms with Gasteiger partial charge in [0.15, 0.2) is 17.4 Å². The zero-order chi connectivity index (χ0) is 9.71. The summed E-state index contributed by atoms with van der Waals surface area (Å²) >= 11 is 0. The molecule has 0 aromatic carbocycles. The number of anilines is 1. The minimum Gasteiger partial charge on any atom is -0.371 e. The average molecular weight is 193 g/mol. The Bertz CT molecular complexity index is 557. The van der Waals surface area contributed by atoms with Crippen molar-refractivity contribution in [2.75, 3.05) is 11.9 Å². The van der Waals surface area contributed by atoms with E-state index in [1.165, 1.54) is 10.9 Å². The first-order valence-electron chi connectivity index (χ1n) is 4.15. The lowest BCUT2D eigenvalue weighted by Crippen LogP contribution is -2.23. The summed E-state index contributed by atoms with van der Waals surface area (Å²) in [6, 6.07) is 0. The van der Waals surface area contributed by atoms with E-state index >= 15 is 0 Å². The highest BCUT2D eigenvalue weighted by Gasteiger charge is 2.23. The van der Waals surface area contributed by atoms with Gasteiger partial charge < -0.3 is 15.4 Å². The van der Waals surface area contributed by atoms with E-state index in [0.717, 1.165) is 0 Å². The van der Waals surface area contributed by atoms with Crippen molar-refractivity contribution < 1.29 is 5.11 Å². The average Bonchev–Trinajstić information content (AvgIpc) is 2.74. The second-order valence-electron chi connectivity index (χ2n) is 3.07. The van der Waals surface area contributed by atoms with Crippen LogP contribution in [0.5, 0.6) is 0 Å². The summed E-state index contributed by atoms with van der Waals surface area (Å²) in [6.07, 6.45) is 0.555. The van der Waals surface area contributed by atoms with E-state index in [4.69, 9.17) is 0 Å². The van der Waals surface area contributed by atoms with Gasteiger partial charge in [0.25, 0.3) is 5.56 Å². The first kappa shape index (κ1) is 7.51. The number of aliphatic hydroxyl groups excluding tert-OH is 1. The van der Waals surface area contributed by atoms with Crippen LogP contribution in [0.15, 0.2) is 11.1 Å². The third kappa shape index (κ3) is 0.765. The van der Waals surface area contributed by atoms with E-state index in [9.17, 15) is 9.90 Å². The topological polar surface area (TPSA) is 95.8 Å². The Balaban J connectivity index is 2.48. The number of hydrogen-bond acceptors (Lipinski definition) is 5. The van der Waals surface area contributed by atoms with Gasteiger partial charge in [-0.2, -0.15) is 4.98 Å². The van der Waals surface area contributed by atoms with Gasteiger partial charge in [0, 0.05) is 0 Å². The molecule has 0 radical (unpaired) electrons. The third-order valence-corrected chi connectivity index (χ3v) is 2.23. The molecule has 0 spiro atoms. The number of nitrogens with one attached hydrogen (secondary N) is 2. The molecule has 0 bridgehead atoms. The Hall–Kier alpha value is -1.89. The minimum absolute atomic E-state index is 0.300. The molecule has 0 fully saturated rings. The maximum absolute atomic E-state index is 11.7. The zero-order valence-electron chi connectivity index (χ0n) is 7.06. The molecule has 1 aliphatic rings. The van der Waals surface area contributed by atoms with Crippen LogP contribution in [0.25, 0.3) is 11.2 Å². The van der Waals surface area contributed by atoms with Gasteiger partial charge in [-0.1, -0.05) is 0 Å². The van der Waals surface area contributed by atoms with Crippen LogP contribution in [0, 0.1) is 0 Å². The second kappa shape index (κ2) is 2.32. The Morgan fingerprint density at radius 2 is 2.50 bits per heavy atom. The normalized spacial score (nSPS) is 19.6. The number of β-amino-alcohol motifs (C(OH)–C–C–N with tert-alkyl or cyclic N) is 1. The highest BCUT2D eigenvalue weighted by Crippen LogP contribution is 2.17. The van der Waals surface area contributed by atoms with Crippen LogP contribution in [0.1, 0.15) is 6.23 Å².